The van der Waals surface area contributed by atoms with Crippen LogP contribution in [0.1, 0.15) is 37.6 Å². The first-order valence-corrected chi connectivity index (χ1v) is 11.3. The zero-order chi connectivity index (χ0) is 22.6. The van der Waals surface area contributed by atoms with Crippen molar-refractivity contribution in [1.82, 2.24) is 10.3 Å². The van der Waals surface area contributed by atoms with E-state index in [1.165, 1.54) is 11.3 Å². The van der Waals surface area contributed by atoms with E-state index in [9.17, 15) is 4.79 Å². The smallest absolute Gasteiger partial charge is 0.257 e. The van der Waals surface area contributed by atoms with Gasteiger partial charge in [-0.05, 0) is 47.8 Å². The molecule has 32 heavy (non-hydrogen) atoms. The number of aromatic nitrogens is 1. The van der Waals surface area contributed by atoms with Crippen molar-refractivity contribution in [2.24, 2.45) is 5.41 Å². The number of rotatable bonds is 4. The van der Waals surface area contributed by atoms with Crippen LogP contribution < -0.4 is 15.1 Å². The molecular weight excluding hydrogens is 396 g/mol. The third-order valence-electron chi connectivity index (χ3n) is 5.98. The summed E-state index contributed by atoms with van der Waals surface area (Å²) >= 11 is 0. The number of anilines is 2. The minimum atomic E-state index is -0.131. The molecule has 2 aliphatic rings. The fourth-order valence-corrected chi connectivity index (χ4v) is 4.02. The Balaban J connectivity index is 1.33. The largest absolute Gasteiger partial charge is 0.368 e. The SMILES string of the molecule is CC(C)(C)C1=CCC=C(NC(=O)c2ccc(N3CCN(c4ccccc4)CC3)nc2)C=C1. The molecule has 0 atom stereocenters. The van der Waals surface area contributed by atoms with Crippen molar-refractivity contribution in [3.8, 4) is 0 Å². The number of piperazine rings is 1. The number of hydrogen-bond donors (Lipinski definition) is 1. The van der Waals surface area contributed by atoms with Crippen LogP contribution in [0.2, 0.25) is 0 Å². The minimum Gasteiger partial charge on any atom is -0.368 e. The monoisotopic (exact) mass is 428 g/mol. The van der Waals surface area contributed by atoms with E-state index in [4.69, 9.17) is 0 Å². The molecule has 1 aliphatic heterocycles. The van der Waals surface area contributed by atoms with Crippen molar-refractivity contribution in [2.75, 3.05) is 36.0 Å². The second-order valence-electron chi connectivity index (χ2n) is 9.31. The van der Waals surface area contributed by atoms with Gasteiger partial charge in [0, 0.05) is 43.8 Å². The average Bonchev–Trinajstić information content (AvgIpc) is 3.06. The molecule has 2 heterocycles. The molecule has 1 aromatic carbocycles. The van der Waals surface area contributed by atoms with Gasteiger partial charge in [-0.2, -0.15) is 0 Å². The summed E-state index contributed by atoms with van der Waals surface area (Å²) in [5.41, 5.74) is 4.02. The Hall–Kier alpha value is -3.34. The number of nitrogens with zero attached hydrogens (tertiary/aromatic N) is 3. The summed E-state index contributed by atoms with van der Waals surface area (Å²) in [6.45, 7) is 10.3. The van der Waals surface area contributed by atoms with E-state index in [0.29, 0.717) is 5.56 Å². The van der Waals surface area contributed by atoms with Crippen LogP contribution in [0.3, 0.4) is 0 Å². The molecule has 0 bridgehead atoms. The van der Waals surface area contributed by atoms with Gasteiger partial charge in [0.1, 0.15) is 5.82 Å². The van der Waals surface area contributed by atoms with Crippen LogP contribution in [-0.2, 0) is 0 Å². The number of nitrogens with one attached hydrogen (secondary N) is 1. The Morgan fingerprint density at radius 2 is 1.62 bits per heavy atom. The molecule has 2 aromatic rings. The van der Waals surface area contributed by atoms with Crippen molar-refractivity contribution in [1.29, 1.82) is 0 Å². The molecule has 0 spiro atoms. The van der Waals surface area contributed by atoms with Crippen LogP contribution in [0.4, 0.5) is 11.5 Å². The third kappa shape index (κ3) is 5.28. The lowest BCUT2D eigenvalue weighted by Gasteiger charge is -2.36. The van der Waals surface area contributed by atoms with Gasteiger partial charge in [0.15, 0.2) is 0 Å². The van der Waals surface area contributed by atoms with Gasteiger partial charge in [-0.1, -0.05) is 57.2 Å². The van der Waals surface area contributed by atoms with E-state index in [1.54, 1.807) is 6.20 Å². The highest BCUT2D eigenvalue weighted by atomic mass is 16.1. The summed E-state index contributed by atoms with van der Waals surface area (Å²) in [6, 6.07) is 14.3. The fraction of sp³-hybridized carbons (Fsp3) is 0.333. The molecule has 1 saturated heterocycles. The highest BCUT2D eigenvalue weighted by Gasteiger charge is 2.19. The Bertz CT molecular complexity index is 1020. The number of allylic oxidation sites excluding steroid dienone is 5. The van der Waals surface area contributed by atoms with Crippen LogP contribution in [-0.4, -0.2) is 37.1 Å². The Morgan fingerprint density at radius 3 is 2.28 bits per heavy atom. The maximum Gasteiger partial charge on any atom is 0.257 e. The third-order valence-corrected chi connectivity index (χ3v) is 5.98. The van der Waals surface area contributed by atoms with Crippen LogP contribution in [0.5, 0.6) is 0 Å². The van der Waals surface area contributed by atoms with Crippen LogP contribution in [0.15, 0.2) is 84.2 Å². The van der Waals surface area contributed by atoms with Crippen LogP contribution >= 0.6 is 0 Å². The van der Waals surface area contributed by atoms with Gasteiger partial charge in [0.25, 0.3) is 5.91 Å². The highest BCUT2D eigenvalue weighted by molar-refractivity contribution is 5.95. The fourth-order valence-electron chi connectivity index (χ4n) is 4.02. The van der Waals surface area contributed by atoms with Crippen molar-refractivity contribution in [3.63, 3.8) is 0 Å². The summed E-state index contributed by atoms with van der Waals surface area (Å²) in [4.78, 5) is 22.0. The predicted octanol–water partition coefficient (Wildman–Crippen LogP) is 4.95. The van der Waals surface area contributed by atoms with E-state index in [1.807, 2.05) is 30.4 Å². The number of hydrogen-bond acceptors (Lipinski definition) is 4. The maximum absolute atomic E-state index is 12.7. The van der Waals surface area contributed by atoms with Crippen LogP contribution in [0.25, 0.3) is 0 Å². The molecule has 166 valence electrons. The average molecular weight is 429 g/mol. The highest BCUT2D eigenvalue weighted by Crippen LogP contribution is 2.28. The molecule has 4 rings (SSSR count). The number of benzene rings is 1. The molecular formula is C27H32N4O. The van der Waals surface area contributed by atoms with E-state index < -0.39 is 0 Å². The lowest BCUT2D eigenvalue weighted by atomic mass is 9.86. The van der Waals surface area contributed by atoms with Gasteiger partial charge in [-0.25, -0.2) is 4.98 Å². The number of carbonyl (C=O) groups is 1. The van der Waals surface area contributed by atoms with Gasteiger partial charge < -0.3 is 15.1 Å². The second kappa shape index (κ2) is 9.43. The van der Waals surface area contributed by atoms with E-state index >= 15 is 0 Å². The normalized spacial score (nSPS) is 16.8. The van der Waals surface area contributed by atoms with Gasteiger partial charge in [-0.15, -0.1) is 0 Å². The van der Waals surface area contributed by atoms with E-state index in [0.717, 1.165) is 44.1 Å². The summed E-state index contributed by atoms with van der Waals surface area (Å²) in [6.07, 6.45) is 10.8. The van der Waals surface area contributed by atoms with Crippen molar-refractivity contribution >= 4 is 17.4 Å². The zero-order valence-corrected chi connectivity index (χ0v) is 19.2. The second-order valence-corrected chi connectivity index (χ2v) is 9.31. The lowest BCUT2D eigenvalue weighted by Crippen LogP contribution is -2.46. The molecule has 1 fully saturated rings. The molecule has 5 heteroatoms. The molecule has 1 aromatic heterocycles. The summed E-state index contributed by atoms with van der Waals surface area (Å²) < 4.78 is 0. The first-order valence-electron chi connectivity index (χ1n) is 11.3. The Labute approximate surface area is 191 Å². The van der Waals surface area contributed by atoms with E-state index in [-0.39, 0.29) is 11.3 Å². The zero-order valence-electron chi connectivity index (χ0n) is 19.2. The molecule has 0 unspecified atom stereocenters. The summed E-state index contributed by atoms with van der Waals surface area (Å²) in [5.74, 6) is 0.787. The van der Waals surface area contributed by atoms with Crippen molar-refractivity contribution < 1.29 is 4.79 Å². The molecule has 0 radical (unpaired) electrons. The quantitative estimate of drug-likeness (QED) is 0.748. The van der Waals surface area contributed by atoms with Crippen LogP contribution in [0, 0.1) is 5.41 Å². The van der Waals surface area contributed by atoms with Gasteiger partial charge in [0.2, 0.25) is 0 Å². The van der Waals surface area contributed by atoms with Gasteiger partial charge in [0.05, 0.1) is 5.56 Å². The van der Waals surface area contributed by atoms with E-state index in [2.05, 4.69) is 77.3 Å². The maximum atomic E-state index is 12.7. The summed E-state index contributed by atoms with van der Waals surface area (Å²) in [7, 11) is 0. The first kappa shape index (κ1) is 21.9. The number of amides is 1. The number of carbonyl (C=O) groups excluding carboxylic acids is 1. The number of para-hydroxylation sites is 1. The standard InChI is InChI=1S/C27H32N4O/c1-27(2,3)22-8-7-9-23(14-13-22)29-26(32)21-12-15-25(28-20-21)31-18-16-30(17-19-31)24-10-5-4-6-11-24/h4-6,8-15,20H,7,16-19H2,1-3H3,(H,29,32). The van der Waals surface area contributed by atoms with Gasteiger partial charge >= 0.3 is 0 Å². The predicted molar refractivity (Wildman–Crippen MR) is 132 cm³/mol. The van der Waals surface area contributed by atoms with Crippen molar-refractivity contribution in [2.45, 2.75) is 27.2 Å². The molecule has 0 saturated carbocycles. The molecule has 1 N–H and O–H groups in total. The molecule has 1 aliphatic carbocycles. The first-order chi connectivity index (χ1) is 15.4. The minimum absolute atomic E-state index is 0.0934. The Kier molecular flexibility index (Phi) is 6.45. The lowest BCUT2D eigenvalue weighted by molar-refractivity contribution is 0.0966. The van der Waals surface area contributed by atoms with Crippen molar-refractivity contribution in [3.05, 3.63) is 89.8 Å². The van der Waals surface area contributed by atoms with Gasteiger partial charge in [-0.3, -0.25) is 4.79 Å². The molecule has 5 nitrogen and oxygen atoms in total. The Morgan fingerprint density at radius 1 is 0.906 bits per heavy atom. The topological polar surface area (TPSA) is 48.5 Å². The summed E-state index contributed by atoms with van der Waals surface area (Å²) in [5, 5.41) is 3.01. The number of pyridine rings is 1. The molecule has 1 amide bonds.